The van der Waals surface area contributed by atoms with Crippen molar-refractivity contribution in [2.75, 3.05) is 0 Å². The fraction of sp³-hybridized carbons (Fsp3) is 0. The third-order valence-corrected chi connectivity index (χ3v) is 3.29. The first-order chi connectivity index (χ1) is 9.54. The normalized spacial score (nSPS) is 10.9. The molecule has 0 saturated carbocycles. The zero-order valence-corrected chi connectivity index (χ0v) is 11.5. The van der Waals surface area contributed by atoms with Gasteiger partial charge in [0.05, 0.1) is 11.1 Å². The minimum atomic E-state index is -1.06. The molecule has 0 amide bonds. The van der Waals surface area contributed by atoms with E-state index in [1.165, 1.54) is 24.3 Å². The molecule has 100 valence electrons. The monoisotopic (exact) mass is 335 g/mol. The number of aromatic nitrogens is 1. The number of halogens is 2. The van der Waals surface area contributed by atoms with Crippen LogP contribution in [-0.2, 0) is 0 Å². The fourth-order valence-corrected chi connectivity index (χ4v) is 2.20. The van der Waals surface area contributed by atoms with Crippen LogP contribution in [0.5, 0.6) is 0 Å². The molecule has 3 aromatic rings. The molecule has 6 heteroatoms. The van der Waals surface area contributed by atoms with Crippen LogP contribution in [0.15, 0.2) is 45.3 Å². The lowest BCUT2D eigenvalue weighted by Gasteiger charge is -1.98. The molecule has 4 nitrogen and oxygen atoms in total. The number of carbonyl (C=O) groups is 1. The molecular formula is C14H7BrFNO3. The van der Waals surface area contributed by atoms with Crippen molar-refractivity contribution in [1.29, 1.82) is 0 Å². The zero-order valence-electron chi connectivity index (χ0n) is 9.93. The highest BCUT2D eigenvalue weighted by Crippen LogP contribution is 2.29. The summed E-state index contributed by atoms with van der Waals surface area (Å²) in [4.78, 5) is 15.1. The molecule has 1 aromatic heterocycles. The van der Waals surface area contributed by atoms with Crippen LogP contribution in [0.3, 0.4) is 0 Å². The molecule has 20 heavy (non-hydrogen) atoms. The summed E-state index contributed by atoms with van der Waals surface area (Å²) in [5.74, 6) is -1.40. The van der Waals surface area contributed by atoms with E-state index < -0.39 is 11.8 Å². The van der Waals surface area contributed by atoms with E-state index in [-0.39, 0.29) is 17.0 Å². The molecule has 0 saturated heterocycles. The molecule has 0 atom stereocenters. The smallest absolute Gasteiger partial charge is 0.335 e. The summed E-state index contributed by atoms with van der Waals surface area (Å²) in [6.45, 7) is 0. The van der Waals surface area contributed by atoms with Gasteiger partial charge in [0.25, 0.3) is 0 Å². The molecule has 0 aliphatic carbocycles. The highest BCUT2D eigenvalue weighted by molar-refractivity contribution is 9.10. The average Bonchev–Trinajstić information content (AvgIpc) is 2.83. The molecule has 0 aliphatic rings. The van der Waals surface area contributed by atoms with Gasteiger partial charge in [-0.3, -0.25) is 0 Å². The van der Waals surface area contributed by atoms with Gasteiger partial charge in [-0.15, -0.1) is 0 Å². The Morgan fingerprint density at radius 2 is 2.05 bits per heavy atom. The van der Waals surface area contributed by atoms with E-state index >= 15 is 0 Å². The number of aromatic carboxylic acids is 1. The number of fused-ring (bicyclic) bond motifs is 1. The number of rotatable bonds is 2. The van der Waals surface area contributed by atoms with Crippen molar-refractivity contribution in [1.82, 2.24) is 4.98 Å². The van der Waals surface area contributed by atoms with E-state index in [9.17, 15) is 9.18 Å². The van der Waals surface area contributed by atoms with Crippen LogP contribution in [0.4, 0.5) is 4.39 Å². The predicted molar refractivity (Wildman–Crippen MR) is 74.1 cm³/mol. The molecule has 1 heterocycles. The molecule has 1 N–H and O–H groups in total. The van der Waals surface area contributed by atoms with E-state index in [0.29, 0.717) is 15.6 Å². The van der Waals surface area contributed by atoms with E-state index in [4.69, 9.17) is 9.52 Å². The summed E-state index contributed by atoms with van der Waals surface area (Å²) < 4.78 is 19.9. The van der Waals surface area contributed by atoms with Crippen LogP contribution >= 0.6 is 15.9 Å². The Hall–Kier alpha value is -2.21. The highest BCUT2D eigenvalue weighted by Gasteiger charge is 2.14. The average molecular weight is 336 g/mol. The topological polar surface area (TPSA) is 63.3 Å². The Bertz CT molecular complexity index is 828. The van der Waals surface area contributed by atoms with Gasteiger partial charge in [0, 0.05) is 4.47 Å². The van der Waals surface area contributed by atoms with E-state index in [1.54, 1.807) is 12.1 Å². The molecule has 2 aromatic carbocycles. The summed E-state index contributed by atoms with van der Waals surface area (Å²) in [5, 5.41) is 8.92. The zero-order chi connectivity index (χ0) is 14.3. The maximum absolute atomic E-state index is 13.8. The van der Waals surface area contributed by atoms with Crippen molar-refractivity contribution in [3.8, 4) is 11.5 Å². The van der Waals surface area contributed by atoms with E-state index in [1.807, 2.05) is 0 Å². The van der Waals surface area contributed by atoms with Gasteiger partial charge in [-0.2, -0.15) is 0 Å². The van der Waals surface area contributed by atoms with Crippen molar-refractivity contribution in [2.45, 2.75) is 0 Å². The van der Waals surface area contributed by atoms with Gasteiger partial charge < -0.3 is 9.52 Å². The second-order valence-corrected chi connectivity index (χ2v) is 5.05. The quantitative estimate of drug-likeness (QED) is 0.765. The second-order valence-electron chi connectivity index (χ2n) is 4.13. The number of carboxylic acids is 1. The van der Waals surface area contributed by atoms with Gasteiger partial charge >= 0.3 is 5.97 Å². The molecule has 0 bridgehead atoms. The Labute approximate surface area is 121 Å². The number of carboxylic acid groups (broad SMARTS) is 1. The number of nitrogens with zero attached hydrogens (tertiary/aromatic N) is 1. The first-order valence-electron chi connectivity index (χ1n) is 5.64. The molecular weight excluding hydrogens is 329 g/mol. The second kappa shape index (κ2) is 4.72. The van der Waals surface area contributed by atoms with Crippen LogP contribution in [0.1, 0.15) is 10.4 Å². The Balaban J connectivity index is 2.17. The first-order valence-corrected chi connectivity index (χ1v) is 6.43. The van der Waals surface area contributed by atoms with Crippen LogP contribution < -0.4 is 0 Å². The Morgan fingerprint density at radius 1 is 1.25 bits per heavy atom. The Morgan fingerprint density at radius 3 is 2.80 bits per heavy atom. The standard InChI is InChI=1S/C14H7BrFNO3/c15-8-2-3-10(16)9(6-8)13-17-11-4-1-7(14(18)19)5-12(11)20-13/h1-6H,(H,18,19). The van der Waals surface area contributed by atoms with Crippen molar-refractivity contribution in [2.24, 2.45) is 0 Å². The molecule has 0 radical (unpaired) electrons. The maximum Gasteiger partial charge on any atom is 0.335 e. The summed E-state index contributed by atoms with van der Waals surface area (Å²) in [6, 6.07) is 8.75. The molecule has 0 spiro atoms. The first kappa shape index (κ1) is 12.8. The summed E-state index contributed by atoms with van der Waals surface area (Å²) in [7, 11) is 0. The minimum absolute atomic E-state index is 0.0925. The summed E-state index contributed by atoms with van der Waals surface area (Å²) >= 11 is 3.25. The molecule has 0 aliphatic heterocycles. The van der Waals surface area contributed by atoms with Gasteiger partial charge in [0.2, 0.25) is 5.89 Å². The largest absolute Gasteiger partial charge is 0.478 e. The van der Waals surface area contributed by atoms with Gasteiger partial charge in [-0.05, 0) is 36.4 Å². The third-order valence-electron chi connectivity index (χ3n) is 2.79. The minimum Gasteiger partial charge on any atom is -0.478 e. The van der Waals surface area contributed by atoms with Crippen LogP contribution in [0.25, 0.3) is 22.6 Å². The fourth-order valence-electron chi connectivity index (χ4n) is 1.83. The molecule has 0 fully saturated rings. The highest BCUT2D eigenvalue weighted by atomic mass is 79.9. The number of hydrogen-bond acceptors (Lipinski definition) is 3. The van der Waals surface area contributed by atoms with Gasteiger partial charge in [0.1, 0.15) is 11.3 Å². The Kier molecular flexibility index (Phi) is 3.02. The van der Waals surface area contributed by atoms with Crippen LogP contribution in [0.2, 0.25) is 0 Å². The molecule has 0 unspecified atom stereocenters. The number of oxazole rings is 1. The van der Waals surface area contributed by atoms with Crippen molar-refractivity contribution in [3.63, 3.8) is 0 Å². The van der Waals surface area contributed by atoms with Crippen LogP contribution in [-0.4, -0.2) is 16.1 Å². The number of benzene rings is 2. The SMILES string of the molecule is O=C(O)c1ccc2nc(-c3cc(Br)ccc3F)oc2c1. The van der Waals surface area contributed by atoms with E-state index in [0.717, 1.165) is 0 Å². The van der Waals surface area contributed by atoms with Gasteiger partial charge in [-0.1, -0.05) is 15.9 Å². The van der Waals surface area contributed by atoms with Crippen molar-refractivity contribution >= 4 is 33.0 Å². The van der Waals surface area contributed by atoms with E-state index in [2.05, 4.69) is 20.9 Å². The lowest BCUT2D eigenvalue weighted by Crippen LogP contribution is -1.94. The van der Waals surface area contributed by atoms with Crippen LogP contribution in [0, 0.1) is 5.82 Å². The summed E-state index contributed by atoms with van der Waals surface area (Å²) in [6.07, 6.45) is 0. The molecule has 3 rings (SSSR count). The maximum atomic E-state index is 13.8. The van der Waals surface area contributed by atoms with Gasteiger partial charge in [-0.25, -0.2) is 14.2 Å². The lowest BCUT2D eigenvalue weighted by molar-refractivity contribution is 0.0697. The lowest BCUT2D eigenvalue weighted by atomic mass is 10.2. The van der Waals surface area contributed by atoms with Crippen molar-refractivity contribution in [3.05, 3.63) is 52.3 Å². The number of hydrogen-bond donors (Lipinski definition) is 1. The van der Waals surface area contributed by atoms with Gasteiger partial charge in [0.15, 0.2) is 5.58 Å². The summed E-state index contributed by atoms with van der Waals surface area (Å²) in [5.41, 5.74) is 1.09. The van der Waals surface area contributed by atoms with Crippen molar-refractivity contribution < 1.29 is 18.7 Å². The third kappa shape index (κ3) is 2.18. The predicted octanol–water partition coefficient (Wildman–Crippen LogP) is 4.09.